The Kier molecular flexibility index (Phi) is 4.38. The summed E-state index contributed by atoms with van der Waals surface area (Å²) >= 11 is 1.60. The van der Waals surface area contributed by atoms with Crippen LogP contribution in [0, 0.1) is 5.92 Å². The fourth-order valence-corrected chi connectivity index (χ4v) is 6.24. The molecule has 2 N–H and O–H groups in total. The van der Waals surface area contributed by atoms with Gasteiger partial charge in [-0.15, -0.1) is 11.3 Å². The lowest BCUT2D eigenvalue weighted by Gasteiger charge is -2.28. The molecule has 3 aromatic heterocycles. The zero-order valence-corrected chi connectivity index (χ0v) is 18.9. The summed E-state index contributed by atoms with van der Waals surface area (Å²) in [5.41, 5.74) is 5.01. The van der Waals surface area contributed by atoms with Crippen molar-refractivity contribution in [3.63, 3.8) is 0 Å². The number of nitrogens with zero attached hydrogens (tertiary/aromatic N) is 2. The number of thiophene rings is 1. The molecule has 6 nitrogen and oxygen atoms in total. The van der Waals surface area contributed by atoms with Crippen LogP contribution in [0.5, 0.6) is 0 Å². The topological polar surface area (TPSA) is 70.1 Å². The third-order valence-electron chi connectivity index (χ3n) is 6.70. The molecule has 0 saturated carbocycles. The highest BCUT2D eigenvalue weighted by Crippen LogP contribution is 2.43. The highest BCUT2D eigenvalue weighted by atomic mass is 32.1. The van der Waals surface area contributed by atoms with E-state index in [4.69, 9.17) is 0 Å². The lowest BCUT2D eigenvalue weighted by molar-refractivity contribution is -0.122. The van der Waals surface area contributed by atoms with Gasteiger partial charge >= 0.3 is 0 Å². The maximum Gasteiger partial charge on any atom is 0.259 e. The minimum Gasteiger partial charge on any atom is -0.352 e. The molecule has 0 spiro atoms. The van der Waals surface area contributed by atoms with Gasteiger partial charge in [-0.05, 0) is 50.4 Å². The van der Waals surface area contributed by atoms with E-state index < -0.39 is 0 Å². The Morgan fingerprint density at radius 1 is 1.09 bits per heavy atom. The number of fused-ring (bicyclic) bond motifs is 4. The second-order valence-electron chi connectivity index (χ2n) is 9.01. The van der Waals surface area contributed by atoms with Crippen molar-refractivity contribution in [3.8, 4) is 0 Å². The number of aromatic nitrogens is 2. The first-order valence-corrected chi connectivity index (χ1v) is 11.8. The number of aryl methyl sites for hydroxylation is 1. The van der Waals surface area contributed by atoms with Gasteiger partial charge in [-0.25, -0.2) is 0 Å². The van der Waals surface area contributed by atoms with Gasteiger partial charge in [0.15, 0.2) is 0 Å². The molecule has 1 atom stereocenters. The highest BCUT2D eigenvalue weighted by molar-refractivity contribution is 7.16. The second kappa shape index (κ2) is 7.18. The summed E-state index contributed by atoms with van der Waals surface area (Å²) in [4.78, 5) is 32.8. The Morgan fingerprint density at radius 3 is 2.75 bits per heavy atom. The van der Waals surface area contributed by atoms with Crippen LogP contribution in [0.25, 0.3) is 32.3 Å². The largest absolute Gasteiger partial charge is 0.352 e. The summed E-state index contributed by atoms with van der Waals surface area (Å²) in [6.45, 7) is 1.93. The third-order valence-corrected chi connectivity index (χ3v) is 7.54. The van der Waals surface area contributed by atoms with Crippen LogP contribution in [0.1, 0.15) is 23.2 Å². The normalized spacial score (nSPS) is 18.9. The Hall–Kier alpha value is -3.16. The van der Waals surface area contributed by atoms with Crippen LogP contribution >= 0.6 is 11.3 Å². The monoisotopic (exact) mass is 444 g/mol. The molecule has 1 aromatic carbocycles. The molecular formula is C25H24N4O2S. The van der Waals surface area contributed by atoms with Crippen LogP contribution in [0.2, 0.25) is 0 Å². The fraction of sp³-hybridized carbons (Fsp3) is 0.280. The molecule has 1 unspecified atom stereocenters. The first kappa shape index (κ1) is 19.5. The average molecular weight is 445 g/mol. The van der Waals surface area contributed by atoms with Crippen molar-refractivity contribution >= 4 is 55.4 Å². The number of rotatable bonds is 4. The maximum atomic E-state index is 13.2. The summed E-state index contributed by atoms with van der Waals surface area (Å²) in [5, 5.41) is 6.61. The van der Waals surface area contributed by atoms with Crippen LogP contribution < -0.4 is 5.32 Å². The minimum atomic E-state index is -0.318. The van der Waals surface area contributed by atoms with Crippen molar-refractivity contribution in [3.05, 3.63) is 58.7 Å². The van der Waals surface area contributed by atoms with Gasteiger partial charge in [-0.1, -0.05) is 18.2 Å². The quantitative estimate of drug-likeness (QED) is 0.470. The molecule has 0 radical (unpaired) electrons. The number of hydrogen-bond acceptors (Lipinski definition) is 4. The lowest BCUT2D eigenvalue weighted by atomic mass is 9.89. The fourth-order valence-electron chi connectivity index (χ4n) is 5.47. The van der Waals surface area contributed by atoms with Gasteiger partial charge in [0.1, 0.15) is 4.83 Å². The van der Waals surface area contributed by atoms with Crippen molar-refractivity contribution in [2.75, 3.05) is 20.6 Å². The van der Waals surface area contributed by atoms with E-state index in [1.807, 2.05) is 29.8 Å². The van der Waals surface area contributed by atoms with Crippen LogP contribution in [0.15, 0.2) is 41.9 Å². The van der Waals surface area contributed by atoms with Crippen molar-refractivity contribution < 1.29 is 9.59 Å². The summed E-state index contributed by atoms with van der Waals surface area (Å²) in [5.74, 6) is -0.106. The van der Waals surface area contributed by atoms with E-state index in [9.17, 15) is 9.59 Å². The van der Waals surface area contributed by atoms with E-state index in [0.29, 0.717) is 17.1 Å². The van der Waals surface area contributed by atoms with Crippen LogP contribution in [-0.4, -0.2) is 46.9 Å². The summed E-state index contributed by atoms with van der Waals surface area (Å²) in [6, 6.07) is 10.3. The molecule has 7 heteroatoms. The molecule has 2 aliphatic heterocycles. The zero-order chi connectivity index (χ0) is 22.0. The van der Waals surface area contributed by atoms with Gasteiger partial charge < -0.3 is 14.5 Å². The standard InChI is InChI=1S/C25H24N4O2S/c1-28(2)13-14-7-9-29-18-6-4-3-5-16(18)20(19(29)11-14)22-21(23(30)27-24(22)31)17-12-26-25-15(17)8-10-32-25/h3-6,8,10,12,14,26H,7,9,11,13H2,1-2H3,(H,27,30,31). The Balaban J connectivity index is 1.63. The number of amides is 2. The van der Waals surface area contributed by atoms with Gasteiger partial charge in [0.05, 0.1) is 11.1 Å². The number of benzene rings is 1. The Morgan fingerprint density at radius 2 is 1.91 bits per heavy atom. The van der Waals surface area contributed by atoms with Crippen LogP contribution in [-0.2, 0) is 22.6 Å². The van der Waals surface area contributed by atoms with Crippen molar-refractivity contribution in [1.82, 2.24) is 19.8 Å². The van der Waals surface area contributed by atoms with Gasteiger partial charge in [0.2, 0.25) is 0 Å². The predicted octanol–water partition coefficient (Wildman–Crippen LogP) is 3.88. The van der Waals surface area contributed by atoms with Crippen molar-refractivity contribution in [2.45, 2.75) is 19.4 Å². The Labute approximate surface area is 189 Å². The maximum absolute atomic E-state index is 13.2. The SMILES string of the molecule is CN(C)CC1CCn2c(c(C3=C(c4c[nH]c5sccc45)C(=O)NC3=O)c3ccccc32)C1. The van der Waals surface area contributed by atoms with E-state index >= 15 is 0 Å². The molecule has 2 amide bonds. The molecule has 0 aliphatic carbocycles. The van der Waals surface area contributed by atoms with E-state index in [0.717, 1.165) is 58.2 Å². The highest BCUT2D eigenvalue weighted by Gasteiger charge is 2.38. The number of para-hydroxylation sites is 1. The van der Waals surface area contributed by atoms with Gasteiger partial charge in [0, 0.05) is 52.4 Å². The zero-order valence-electron chi connectivity index (χ0n) is 18.1. The Bertz CT molecular complexity index is 1430. The molecule has 6 rings (SSSR count). The molecule has 0 bridgehead atoms. The van der Waals surface area contributed by atoms with Crippen LogP contribution in [0.3, 0.4) is 0 Å². The van der Waals surface area contributed by atoms with E-state index in [-0.39, 0.29) is 11.8 Å². The second-order valence-corrected chi connectivity index (χ2v) is 9.93. The number of carbonyl (C=O) groups is 2. The molecule has 4 aromatic rings. The van der Waals surface area contributed by atoms with Gasteiger partial charge in [-0.2, -0.15) is 0 Å². The van der Waals surface area contributed by atoms with Crippen LogP contribution in [0.4, 0.5) is 0 Å². The number of imide groups is 1. The number of carbonyl (C=O) groups excluding carboxylic acids is 2. The average Bonchev–Trinajstić information content (AvgIpc) is 3.49. The van der Waals surface area contributed by atoms with E-state index in [2.05, 4.69) is 46.0 Å². The molecule has 0 fully saturated rings. The first-order valence-electron chi connectivity index (χ1n) is 10.9. The smallest absolute Gasteiger partial charge is 0.259 e. The summed E-state index contributed by atoms with van der Waals surface area (Å²) in [6.07, 6.45) is 3.85. The summed E-state index contributed by atoms with van der Waals surface area (Å²) < 4.78 is 2.36. The molecule has 32 heavy (non-hydrogen) atoms. The number of aromatic amines is 1. The molecule has 162 valence electrons. The van der Waals surface area contributed by atoms with Crippen molar-refractivity contribution in [1.29, 1.82) is 0 Å². The van der Waals surface area contributed by atoms with E-state index in [1.54, 1.807) is 11.3 Å². The molecular weight excluding hydrogens is 420 g/mol. The third kappa shape index (κ3) is 2.81. The molecule has 2 aliphatic rings. The number of hydrogen-bond donors (Lipinski definition) is 2. The van der Waals surface area contributed by atoms with Gasteiger partial charge in [-0.3, -0.25) is 14.9 Å². The number of H-pyrrole nitrogens is 1. The van der Waals surface area contributed by atoms with Gasteiger partial charge in [0.25, 0.3) is 11.8 Å². The first-order chi connectivity index (χ1) is 15.5. The molecule has 5 heterocycles. The van der Waals surface area contributed by atoms with E-state index in [1.165, 1.54) is 5.69 Å². The summed E-state index contributed by atoms with van der Waals surface area (Å²) in [7, 11) is 4.21. The van der Waals surface area contributed by atoms with Crippen molar-refractivity contribution in [2.24, 2.45) is 5.92 Å². The minimum absolute atomic E-state index is 0.302. The lowest BCUT2D eigenvalue weighted by Crippen LogP contribution is -2.29. The number of nitrogens with one attached hydrogen (secondary N) is 2. The molecule has 0 saturated heterocycles. The predicted molar refractivity (Wildman–Crippen MR) is 128 cm³/mol.